The van der Waals surface area contributed by atoms with Gasteiger partial charge in [-0.1, -0.05) is 30.3 Å². The molecular weight excluding hydrogens is 156 g/mol. The second-order valence-electron chi connectivity index (χ2n) is 2.50. The maximum atomic E-state index is 10.6. The minimum atomic E-state index is -0.441. The summed E-state index contributed by atoms with van der Waals surface area (Å²) in [5.74, 6) is 0. The number of hydrogen-bond donors (Lipinski definition) is 2. The van der Waals surface area contributed by atoms with Crippen molar-refractivity contribution < 1.29 is 9.63 Å². The van der Waals surface area contributed by atoms with Crippen LogP contribution in [0.3, 0.4) is 0 Å². The Hall–Kier alpha value is -1.55. The lowest BCUT2D eigenvalue weighted by Crippen LogP contribution is -2.21. The average molecular weight is 164 g/mol. The summed E-state index contributed by atoms with van der Waals surface area (Å²) in [6.45, 7) is 0. The molecule has 0 aliphatic carbocycles. The van der Waals surface area contributed by atoms with Crippen molar-refractivity contribution in [1.29, 1.82) is 0 Å². The molecule has 1 amide bonds. The Morgan fingerprint density at radius 2 is 2.00 bits per heavy atom. The number of carbonyl (C=O) groups is 1. The SMILES string of the molecule is O=C1NC(c2ccccc2)NO1. The fourth-order valence-corrected chi connectivity index (χ4v) is 1.09. The molecule has 1 unspecified atom stereocenters. The molecule has 2 rings (SSSR count). The Bertz CT molecular complexity index is 286. The molecule has 0 bridgehead atoms. The van der Waals surface area contributed by atoms with E-state index in [1.54, 1.807) is 0 Å². The summed E-state index contributed by atoms with van der Waals surface area (Å²) in [7, 11) is 0. The van der Waals surface area contributed by atoms with Crippen LogP contribution >= 0.6 is 0 Å². The van der Waals surface area contributed by atoms with Gasteiger partial charge in [-0.2, -0.15) is 0 Å². The first-order valence-electron chi connectivity index (χ1n) is 3.64. The second kappa shape index (κ2) is 2.83. The highest BCUT2D eigenvalue weighted by atomic mass is 16.7. The smallest absolute Gasteiger partial charge is 0.351 e. The van der Waals surface area contributed by atoms with E-state index in [1.165, 1.54) is 0 Å². The summed E-state index contributed by atoms with van der Waals surface area (Å²) in [5, 5.41) is 2.60. The van der Waals surface area contributed by atoms with Gasteiger partial charge in [0.15, 0.2) is 0 Å². The van der Waals surface area contributed by atoms with Crippen LogP contribution < -0.4 is 10.8 Å². The standard InChI is InChI=1S/C8H8N2O2/c11-8-9-7(10-12-8)6-4-2-1-3-5-6/h1-5,7,10H,(H,9,11). The highest BCUT2D eigenvalue weighted by Crippen LogP contribution is 2.12. The molecule has 1 atom stereocenters. The van der Waals surface area contributed by atoms with Crippen LogP contribution in [-0.4, -0.2) is 6.09 Å². The maximum absolute atomic E-state index is 10.6. The van der Waals surface area contributed by atoms with Gasteiger partial charge in [-0.3, -0.25) is 5.32 Å². The summed E-state index contributed by atoms with van der Waals surface area (Å²) >= 11 is 0. The van der Waals surface area contributed by atoms with Gasteiger partial charge in [0.2, 0.25) is 0 Å². The Kier molecular flexibility index (Phi) is 1.68. The Labute approximate surface area is 69.5 Å². The molecule has 1 saturated heterocycles. The van der Waals surface area contributed by atoms with Crippen molar-refractivity contribution in [2.75, 3.05) is 0 Å². The van der Waals surface area contributed by atoms with Gasteiger partial charge in [0.1, 0.15) is 6.17 Å². The number of hydroxylamine groups is 1. The summed E-state index contributed by atoms with van der Waals surface area (Å²) in [6, 6.07) is 9.55. The largest absolute Gasteiger partial charge is 0.427 e. The van der Waals surface area contributed by atoms with Crippen molar-refractivity contribution in [3.63, 3.8) is 0 Å². The first-order chi connectivity index (χ1) is 5.86. The van der Waals surface area contributed by atoms with Crippen LogP contribution in [0.15, 0.2) is 30.3 Å². The quantitative estimate of drug-likeness (QED) is 0.649. The van der Waals surface area contributed by atoms with E-state index in [-0.39, 0.29) is 6.17 Å². The van der Waals surface area contributed by atoms with E-state index >= 15 is 0 Å². The first kappa shape index (κ1) is 7.12. The Morgan fingerprint density at radius 3 is 2.58 bits per heavy atom. The molecule has 1 aliphatic heterocycles. The van der Waals surface area contributed by atoms with Gasteiger partial charge >= 0.3 is 6.09 Å². The zero-order chi connectivity index (χ0) is 8.39. The van der Waals surface area contributed by atoms with E-state index in [0.29, 0.717) is 0 Å². The number of benzene rings is 1. The molecule has 1 aliphatic rings. The summed E-state index contributed by atoms with van der Waals surface area (Å²) < 4.78 is 0. The zero-order valence-electron chi connectivity index (χ0n) is 6.28. The molecule has 12 heavy (non-hydrogen) atoms. The molecule has 2 N–H and O–H groups in total. The third-order valence-corrected chi connectivity index (χ3v) is 1.66. The fraction of sp³-hybridized carbons (Fsp3) is 0.125. The van der Waals surface area contributed by atoms with Gasteiger partial charge in [-0.05, 0) is 5.56 Å². The van der Waals surface area contributed by atoms with E-state index in [1.807, 2.05) is 30.3 Å². The van der Waals surface area contributed by atoms with Gasteiger partial charge in [0.05, 0.1) is 0 Å². The molecule has 0 saturated carbocycles. The third kappa shape index (κ3) is 1.24. The minimum Gasteiger partial charge on any atom is -0.351 e. The van der Waals surface area contributed by atoms with Crippen molar-refractivity contribution in [1.82, 2.24) is 10.8 Å². The van der Waals surface area contributed by atoms with Crippen molar-refractivity contribution in [2.45, 2.75) is 6.17 Å². The third-order valence-electron chi connectivity index (χ3n) is 1.66. The molecule has 1 aromatic carbocycles. The van der Waals surface area contributed by atoms with Crippen molar-refractivity contribution in [2.24, 2.45) is 0 Å². The molecule has 0 radical (unpaired) electrons. The molecule has 1 fully saturated rings. The lowest BCUT2D eigenvalue weighted by atomic mass is 10.2. The Morgan fingerprint density at radius 1 is 1.25 bits per heavy atom. The number of hydrogen-bond acceptors (Lipinski definition) is 3. The first-order valence-corrected chi connectivity index (χ1v) is 3.64. The topological polar surface area (TPSA) is 50.4 Å². The van der Waals surface area contributed by atoms with Crippen LogP contribution in [0.5, 0.6) is 0 Å². The predicted molar refractivity (Wildman–Crippen MR) is 41.9 cm³/mol. The molecule has 4 heteroatoms. The van der Waals surface area contributed by atoms with Gasteiger partial charge in [0, 0.05) is 0 Å². The highest BCUT2D eigenvalue weighted by Gasteiger charge is 2.22. The van der Waals surface area contributed by atoms with Crippen molar-refractivity contribution >= 4 is 6.09 Å². The summed E-state index contributed by atoms with van der Waals surface area (Å²) in [6.07, 6.45) is -0.664. The predicted octanol–water partition coefficient (Wildman–Crippen LogP) is 0.930. The fourth-order valence-electron chi connectivity index (χ4n) is 1.09. The zero-order valence-corrected chi connectivity index (χ0v) is 6.28. The van der Waals surface area contributed by atoms with Crippen LogP contribution in [0.2, 0.25) is 0 Å². The van der Waals surface area contributed by atoms with E-state index in [2.05, 4.69) is 15.6 Å². The lowest BCUT2D eigenvalue weighted by molar-refractivity contribution is 0.122. The van der Waals surface area contributed by atoms with E-state index < -0.39 is 6.09 Å². The molecule has 1 heterocycles. The number of amides is 1. The highest BCUT2D eigenvalue weighted by molar-refractivity contribution is 5.69. The molecule has 4 nitrogen and oxygen atoms in total. The van der Waals surface area contributed by atoms with Gasteiger partial charge < -0.3 is 4.84 Å². The molecular formula is C8H8N2O2. The number of rotatable bonds is 1. The molecule has 0 spiro atoms. The molecule has 0 aromatic heterocycles. The molecule has 1 aromatic rings. The lowest BCUT2D eigenvalue weighted by Gasteiger charge is -2.05. The van der Waals surface area contributed by atoms with Crippen LogP contribution in [0, 0.1) is 0 Å². The van der Waals surface area contributed by atoms with Crippen molar-refractivity contribution in [3.8, 4) is 0 Å². The maximum Gasteiger partial charge on any atom is 0.427 e. The minimum absolute atomic E-state index is 0.223. The summed E-state index contributed by atoms with van der Waals surface area (Å²) in [5.41, 5.74) is 3.54. The van der Waals surface area contributed by atoms with Gasteiger partial charge in [-0.15, -0.1) is 5.48 Å². The summed E-state index contributed by atoms with van der Waals surface area (Å²) in [4.78, 5) is 15.2. The Balaban J connectivity index is 2.16. The normalized spacial score (nSPS) is 21.7. The monoisotopic (exact) mass is 164 g/mol. The van der Waals surface area contributed by atoms with E-state index in [4.69, 9.17) is 0 Å². The van der Waals surface area contributed by atoms with Crippen LogP contribution in [0.4, 0.5) is 4.79 Å². The van der Waals surface area contributed by atoms with Crippen LogP contribution in [-0.2, 0) is 4.84 Å². The average Bonchev–Trinajstić information content (AvgIpc) is 2.54. The van der Waals surface area contributed by atoms with Gasteiger partial charge in [-0.25, -0.2) is 4.79 Å². The van der Waals surface area contributed by atoms with Crippen LogP contribution in [0.1, 0.15) is 11.7 Å². The van der Waals surface area contributed by atoms with Gasteiger partial charge in [0.25, 0.3) is 0 Å². The number of carbonyl (C=O) groups excluding carboxylic acids is 1. The second-order valence-corrected chi connectivity index (χ2v) is 2.50. The van der Waals surface area contributed by atoms with E-state index in [0.717, 1.165) is 5.56 Å². The van der Waals surface area contributed by atoms with E-state index in [9.17, 15) is 4.79 Å². The molecule has 62 valence electrons. The number of nitrogens with one attached hydrogen (secondary N) is 2. The van der Waals surface area contributed by atoms with Crippen LogP contribution in [0.25, 0.3) is 0 Å². The van der Waals surface area contributed by atoms with Crippen molar-refractivity contribution in [3.05, 3.63) is 35.9 Å².